The van der Waals surface area contributed by atoms with Crippen molar-refractivity contribution in [3.05, 3.63) is 32.3 Å². The van der Waals surface area contributed by atoms with Crippen LogP contribution in [0.5, 0.6) is 0 Å². The van der Waals surface area contributed by atoms with Crippen molar-refractivity contribution in [1.82, 2.24) is 4.57 Å². The molecular weight excluding hydrogens is 331 g/mol. The summed E-state index contributed by atoms with van der Waals surface area (Å²) >= 11 is -0.135. The molecule has 0 N–H and O–H groups in total. The molecule has 2 aromatic rings. The number of nitrogens with zero attached hydrogens (tertiary/aromatic N) is 1. The molecule has 0 aliphatic carbocycles. The Hall–Kier alpha value is -0.920. The molecule has 88 valence electrons. The van der Waals surface area contributed by atoms with Gasteiger partial charge in [-0.2, -0.15) is 0 Å². The van der Waals surface area contributed by atoms with Gasteiger partial charge in [0, 0.05) is 0 Å². The number of rotatable bonds is 3. The SMILES string of the molecule is C[I-]c1ccc2oc(=O)n(CC(F)F)c2c1. The zero-order valence-electron chi connectivity index (χ0n) is 8.41. The third-order valence-electron chi connectivity index (χ3n) is 2.17. The molecule has 0 amide bonds. The van der Waals surface area contributed by atoms with Gasteiger partial charge in [0.2, 0.25) is 0 Å². The van der Waals surface area contributed by atoms with Gasteiger partial charge in [-0.15, -0.1) is 0 Å². The molecule has 1 heterocycles. The molecular formula is C10H9F2INO2-. The number of oxazole rings is 1. The maximum absolute atomic E-state index is 12.3. The van der Waals surface area contributed by atoms with Crippen molar-refractivity contribution in [2.45, 2.75) is 13.0 Å². The first-order chi connectivity index (χ1) is 7.61. The molecule has 2 rings (SSSR count). The van der Waals surface area contributed by atoms with Crippen molar-refractivity contribution in [3.63, 3.8) is 0 Å². The van der Waals surface area contributed by atoms with E-state index in [1.165, 1.54) is 0 Å². The molecule has 0 saturated carbocycles. The first-order valence-electron chi connectivity index (χ1n) is 4.53. The van der Waals surface area contributed by atoms with E-state index in [-0.39, 0.29) is 21.2 Å². The standard InChI is InChI=1S/C10H9F2INO2/c1-13-6-2-3-8-7(4-6)14(5-9(11)12)10(15)16-8/h2-4,9H,5H2,1H3/q-1. The van der Waals surface area contributed by atoms with Crippen LogP contribution in [0.3, 0.4) is 0 Å². The summed E-state index contributed by atoms with van der Waals surface area (Å²) in [5.74, 6) is -0.721. The van der Waals surface area contributed by atoms with E-state index in [1.54, 1.807) is 12.1 Å². The van der Waals surface area contributed by atoms with Crippen molar-refractivity contribution in [2.24, 2.45) is 0 Å². The Labute approximate surface area is 100 Å². The summed E-state index contributed by atoms with van der Waals surface area (Å²) in [6.07, 6.45) is -2.56. The molecule has 0 spiro atoms. The van der Waals surface area contributed by atoms with Crippen LogP contribution < -0.4 is 27.0 Å². The van der Waals surface area contributed by atoms with Gasteiger partial charge in [0.1, 0.15) is 0 Å². The van der Waals surface area contributed by atoms with E-state index < -0.39 is 18.7 Å². The second kappa shape index (κ2) is 4.52. The Morgan fingerprint density at radius 1 is 1.50 bits per heavy atom. The van der Waals surface area contributed by atoms with E-state index in [0.29, 0.717) is 11.1 Å². The zero-order valence-corrected chi connectivity index (χ0v) is 10.6. The molecule has 6 heteroatoms. The van der Waals surface area contributed by atoms with Crippen LogP contribution in [0.1, 0.15) is 0 Å². The predicted molar refractivity (Wildman–Crippen MR) is 51.1 cm³/mol. The molecule has 0 bridgehead atoms. The van der Waals surface area contributed by atoms with E-state index >= 15 is 0 Å². The molecule has 3 nitrogen and oxygen atoms in total. The average Bonchev–Trinajstić information content (AvgIpc) is 2.54. The van der Waals surface area contributed by atoms with E-state index in [4.69, 9.17) is 4.42 Å². The van der Waals surface area contributed by atoms with E-state index in [9.17, 15) is 13.6 Å². The second-order valence-corrected chi connectivity index (χ2v) is 5.50. The minimum absolute atomic E-state index is 0.135. The van der Waals surface area contributed by atoms with Crippen LogP contribution in [0.2, 0.25) is 0 Å². The van der Waals surface area contributed by atoms with Gasteiger partial charge in [0.05, 0.1) is 0 Å². The van der Waals surface area contributed by atoms with Gasteiger partial charge in [0.25, 0.3) is 0 Å². The summed E-state index contributed by atoms with van der Waals surface area (Å²) < 4.78 is 31.6. The fourth-order valence-corrected chi connectivity index (χ4v) is 2.61. The summed E-state index contributed by atoms with van der Waals surface area (Å²) in [6, 6.07) is 5.29. The fourth-order valence-electron chi connectivity index (χ4n) is 1.46. The normalized spacial score (nSPS) is 11.8. The van der Waals surface area contributed by atoms with Gasteiger partial charge in [0.15, 0.2) is 0 Å². The quantitative estimate of drug-likeness (QED) is 0.517. The molecule has 0 unspecified atom stereocenters. The van der Waals surface area contributed by atoms with Crippen LogP contribution in [-0.2, 0) is 6.54 Å². The van der Waals surface area contributed by atoms with Gasteiger partial charge in [-0.3, -0.25) is 0 Å². The topological polar surface area (TPSA) is 35.1 Å². The number of halogens is 3. The molecule has 0 saturated heterocycles. The van der Waals surface area contributed by atoms with Gasteiger partial charge < -0.3 is 0 Å². The van der Waals surface area contributed by atoms with E-state index in [1.807, 2.05) is 6.07 Å². The third-order valence-corrected chi connectivity index (χ3v) is 4.08. The molecule has 0 radical (unpaired) electrons. The Morgan fingerprint density at radius 3 is 2.88 bits per heavy atom. The second-order valence-electron chi connectivity index (χ2n) is 3.17. The van der Waals surface area contributed by atoms with Crippen LogP contribution in [0.4, 0.5) is 8.78 Å². The Kier molecular flexibility index (Phi) is 3.27. The molecule has 0 fully saturated rings. The van der Waals surface area contributed by atoms with Crippen LogP contribution in [0.25, 0.3) is 11.1 Å². The molecule has 1 aromatic heterocycles. The van der Waals surface area contributed by atoms with Crippen LogP contribution in [0.15, 0.2) is 27.4 Å². The van der Waals surface area contributed by atoms with Crippen molar-refractivity contribution < 1.29 is 34.4 Å². The minimum atomic E-state index is -2.56. The van der Waals surface area contributed by atoms with Gasteiger partial charge in [-0.25, -0.2) is 0 Å². The number of fused-ring (bicyclic) bond motifs is 1. The van der Waals surface area contributed by atoms with Crippen molar-refractivity contribution in [3.8, 4) is 0 Å². The number of benzene rings is 1. The first kappa shape index (κ1) is 11.6. The van der Waals surface area contributed by atoms with Crippen LogP contribution in [0, 0.1) is 3.57 Å². The zero-order chi connectivity index (χ0) is 11.7. The number of alkyl halides is 3. The molecule has 0 atom stereocenters. The monoisotopic (exact) mass is 340 g/mol. The fraction of sp³-hybridized carbons (Fsp3) is 0.300. The van der Waals surface area contributed by atoms with Crippen molar-refractivity contribution in [2.75, 3.05) is 4.93 Å². The number of hydrogen-bond acceptors (Lipinski definition) is 2. The number of aromatic nitrogens is 1. The Bertz CT molecular complexity index is 561. The Balaban J connectivity index is 2.61. The summed E-state index contributed by atoms with van der Waals surface area (Å²) in [5.41, 5.74) is 0.830. The van der Waals surface area contributed by atoms with E-state index in [0.717, 1.165) is 8.14 Å². The maximum atomic E-state index is 12.3. The molecule has 0 aliphatic rings. The summed E-state index contributed by atoms with van der Waals surface area (Å²) in [4.78, 5) is 13.4. The summed E-state index contributed by atoms with van der Waals surface area (Å²) in [7, 11) is 0. The molecule has 0 aliphatic heterocycles. The first-order valence-corrected chi connectivity index (χ1v) is 7.76. The van der Waals surface area contributed by atoms with Gasteiger partial charge in [-0.05, 0) is 0 Å². The van der Waals surface area contributed by atoms with E-state index in [2.05, 4.69) is 4.93 Å². The molecule has 16 heavy (non-hydrogen) atoms. The molecule has 1 aromatic carbocycles. The summed E-state index contributed by atoms with van der Waals surface area (Å²) in [6.45, 7) is -0.614. The van der Waals surface area contributed by atoms with Crippen LogP contribution >= 0.6 is 0 Å². The predicted octanol–water partition coefficient (Wildman–Crippen LogP) is -1.25. The van der Waals surface area contributed by atoms with Crippen molar-refractivity contribution >= 4 is 11.1 Å². The van der Waals surface area contributed by atoms with Crippen LogP contribution in [-0.4, -0.2) is 15.9 Å². The average molecular weight is 340 g/mol. The van der Waals surface area contributed by atoms with Gasteiger partial charge >= 0.3 is 100 Å². The third kappa shape index (κ3) is 2.11. The number of hydrogen-bond donors (Lipinski definition) is 0. The van der Waals surface area contributed by atoms with Gasteiger partial charge in [-0.1, -0.05) is 0 Å². The van der Waals surface area contributed by atoms with Crippen molar-refractivity contribution in [1.29, 1.82) is 0 Å². The Morgan fingerprint density at radius 2 is 2.25 bits per heavy atom. The summed E-state index contributed by atoms with van der Waals surface area (Å²) in [5, 5.41) is 0.